The Labute approximate surface area is 160 Å². The van der Waals surface area contributed by atoms with Crippen LogP contribution in [0.1, 0.15) is 10.4 Å². The zero-order valence-electron chi connectivity index (χ0n) is 13.2. The van der Waals surface area contributed by atoms with Gasteiger partial charge in [-0.1, -0.05) is 41.4 Å². The van der Waals surface area contributed by atoms with Crippen LogP contribution in [-0.4, -0.2) is 14.4 Å². The van der Waals surface area contributed by atoms with Crippen molar-refractivity contribution in [3.63, 3.8) is 0 Å². The number of halogens is 2. The first-order chi connectivity index (χ1) is 12.4. The summed E-state index contributed by atoms with van der Waals surface area (Å²) < 4.78 is 30.5. The highest BCUT2D eigenvalue weighted by Gasteiger charge is 2.19. The zero-order chi connectivity index (χ0) is 18.7. The molecule has 0 heterocycles. The van der Waals surface area contributed by atoms with E-state index in [1.807, 2.05) is 0 Å². The number of esters is 1. The van der Waals surface area contributed by atoms with Crippen LogP contribution in [0.3, 0.4) is 0 Å². The summed E-state index contributed by atoms with van der Waals surface area (Å²) in [6.45, 7) is 0. The van der Waals surface area contributed by atoms with E-state index in [-0.39, 0.29) is 25.4 Å². The molecule has 4 nitrogen and oxygen atoms in total. The van der Waals surface area contributed by atoms with E-state index in [0.717, 1.165) is 0 Å². The van der Waals surface area contributed by atoms with Crippen LogP contribution in [0, 0.1) is 0 Å². The van der Waals surface area contributed by atoms with E-state index in [1.54, 1.807) is 30.3 Å². The third kappa shape index (κ3) is 3.90. The normalized spacial score (nSPS) is 11.2. The summed E-state index contributed by atoms with van der Waals surface area (Å²) in [5, 5.41) is 0.417. The number of ether oxygens (including phenoxy) is 1. The molecule has 7 heteroatoms. The molecule has 132 valence electrons. The summed E-state index contributed by atoms with van der Waals surface area (Å²) in [4.78, 5) is 12.2. The second-order valence-corrected chi connectivity index (χ2v) is 8.07. The monoisotopic (exact) mass is 406 g/mol. The highest BCUT2D eigenvalue weighted by atomic mass is 35.5. The fourth-order valence-electron chi connectivity index (χ4n) is 2.20. The topological polar surface area (TPSA) is 60.4 Å². The van der Waals surface area contributed by atoms with Crippen LogP contribution in [0.4, 0.5) is 0 Å². The Morgan fingerprint density at radius 2 is 1.38 bits per heavy atom. The van der Waals surface area contributed by atoms with Crippen LogP contribution < -0.4 is 4.74 Å². The number of rotatable bonds is 4. The predicted octanol–water partition coefficient (Wildman–Crippen LogP) is 5.05. The van der Waals surface area contributed by atoms with Gasteiger partial charge in [0.2, 0.25) is 9.84 Å². The van der Waals surface area contributed by atoms with E-state index in [1.165, 1.54) is 42.5 Å². The SMILES string of the molecule is O=C(Oc1ccccc1)c1ccc(S(=O)(=O)c2ccc(Cl)c(Cl)c2)cc1. The van der Waals surface area contributed by atoms with Gasteiger partial charge >= 0.3 is 5.97 Å². The maximum atomic E-state index is 12.7. The number of benzene rings is 3. The molecular weight excluding hydrogens is 395 g/mol. The van der Waals surface area contributed by atoms with Gasteiger partial charge in [-0.05, 0) is 54.6 Å². The van der Waals surface area contributed by atoms with Crippen LogP contribution >= 0.6 is 23.2 Å². The van der Waals surface area contributed by atoms with Crippen molar-refractivity contribution in [3.05, 3.63) is 88.4 Å². The van der Waals surface area contributed by atoms with E-state index in [0.29, 0.717) is 5.75 Å². The lowest BCUT2D eigenvalue weighted by Gasteiger charge is -2.07. The Hall–Kier alpha value is -2.34. The molecule has 3 aromatic rings. The van der Waals surface area contributed by atoms with Crippen LogP contribution in [0.15, 0.2) is 82.6 Å². The Bertz CT molecular complexity index is 1050. The van der Waals surface area contributed by atoms with Gasteiger partial charge in [0.1, 0.15) is 5.75 Å². The van der Waals surface area contributed by atoms with Crippen molar-refractivity contribution in [3.8, 4) is 5.75 Å². The average molecular weight is 407 g/mol. The molecule has 0 aliphatic rings. The predicted molar refractivity (Wildman–Crippen MR) is 99.8 cm³/mol. The van der Waals surface area contributed by atoms with Gasteiger partial charge in [-0.25, -0.2) is 13.2 Å². The van der Waals surface area contributed by atoms with Crippen LogP contribution in [0.2, 0.25) is 10.0 Å². The zero-order valence-corrected chi connectivity index (χ0v) is 15.6. The number of carbonyl (C=O) groups is 1. The first kappa shape index (κ1) is 18.5. The van der Waals surface area contributed by atoms with Crippen molar-refractivity contribution >= 4 is 39.0 Å². The molecule has 0 amide bonds. The van der Waals surface area contributed by atoms with Crippen molar-refractivity contribution in [2.75, 3.05) is 0 Å². The van der Waals surface area contributed by atoms with Gasteiger partial charge in [0.15, 0.2) is 0 Å². The Morgan fingerprint density at radius 3 is 2.00 bits per heavy atom. The Morgan fingerprint density at radius 1 is 0.769 bits per heavy atom. The molecule has 0 spiro atoms. The van der Waals surface area contributed by atoms with Gasteiger partial charge in [-0.2, -0.15) is 0 Å². The summed E-state index contributed by atoms with van der Waals surface area (Å²) in [7, 11) is -3.77. The van der Waals surface area contributed by atoms with E-state index in [4.69, 9.17) is 27.9 Å². The molecule has 0 aliphatic carbocycles. The number of para-hydroxylation sites is 1. The summed E-state index contributed by atoms with van der Waals surface area (Å²) in [6.07, 6.45) is 0. The van der Waals surface area contributed by atoms with Gasteiger partial charge in [0.05, 0.1) is 25.4 Å². The summed E-state index contributed by atoms with van der Waals surface area (Å²) >= 11 is 11.7. The summed E-state index contributed by atoms with van der Waals surface area (Å²) in [5.41, 5.74) is 0.238. The van der Waals surface area contributed by atoms with Crippen molar-refractivity contribution in [1.82, 2.24) is 0 Å². The molecule has 0 radical (unpaired) electrons. The maximum Gasteiger partial charge on any atom is 0.343 e. The van der Waals surface area contributed by atoms with Gasteiger partial charge in [-0.3, -0.25) is 0 Å². The second-order valence-electron chi connectivity index (χ2n) is 5.31. The van der Waals surface area contributed by atoms with E-state index in [2.05, 4.69) is 0 Å². The molecule has 0 bridgehead atoms. The second kappa shape index (κ2) is 7.50. The maximum absolute atomic E-state index is 12.7. The van der Waals surface area contributed by atoms with Gasteiger partial charge in [-0.15, -0.1) is 0 Å². The first-order valence-electron chi connectivity index (χ1n) is 7.45. The van der Waals surface area contributed by atoms with Gasteiger partial charge < -0.3 is 4.74 Å². The smallest absolute Gasteiger partial charge is 0.343 e. The highest BCUT2D eigenvalue weighted by Crippen LogP contribution is 2.28. The van der Waals surface area contributed by atoms with Crippen molar-refractivity contribution in [1.29, 1.82) is 0 Å². The average Bonchev–Trinajstić information content (AvgIpc) is 2.65. The third-order valence-corrected chi connectivity index (χ3v) is 6.06. The lowest BCUT2D eigenvalue weighted by molar-refractivity contribution is 0.0734. The molecule has 0 aliphatic heterocycles. The Balaban J connectivity index is 1.84. The van der Waals surface area contributed by atoms with Crippen LogP contribution in [0.25, 0.3) is 0 Å². The van der Waals surface area contributed by atoms with Crippen LogP contribution in [0.5, 0.6) is 5.75 Å². The number of carbonyl (C=O) groups excluding carboxylic acids is 1. The largest absolute Gasteiger partial charge is 0.423 e. The van der Waals surface area contributed by atoms with Gasteiger partial charge in [0, 0.05) is 0 Å². The number of hydrogen-bond donors (Lipinski definition) is 0. The fourth-order valence-corrected chi connectivity index (χ4v) is 3.85. The molecule has 0 saturated carbocycles. The van der Waals surface area contributed by atoms with E-state index >= 15 is 0 Å². The van der Waals surface area contributed by atoms with Crippen LogP contribution in [-0.2, 0) is 9.84 Å². The minimum Gasteiger partial charge on any atom is -0.423 e. The van der Waals surface area contributed by atoms with Crippen molar-refractivity contribution in [2.24, 2.45) is 0 Å². The number of hydrogen-bond acceptors (Lipinski definition) is 4. The highest BCUT2D eigenvalue weighted by molar-refractivity contribution is 7.91. The van der Waals surface area contributed by atoms with E-state index < -0.39 is 15.8 Å². The molecule has 26 heavy (non-hydrogen) atoms. The first-order valence-corrected chi connectivity index (χ1v) is 9.69. The fraction of sp³-hybridized carbons (Fsp3) is 0. The molecular formula is C19H12Cl2O4S. The molecule has 0 fully saturated rings. The third-order valence-electron chi connectivity index (χ3n) is 3.56. The van der Waals surface area contributed by atoms with Gasteiger partial charge in [0.25, 0.3) is 0 Å². The lowest BCUT2D eigenvalue weighted by atomic mass is 10.2. The molecule has 0 aromatic heterocycles. The Kier molecular flexibility index (Phi) is 5.32. The molecule has 0 saturated heterocycles. The summed E-state index contributed by atoms with van der Waals surface area (Å²) in [6, 6.07) is 18.2. The quantitative estimate of drug-likeness (QED) is 0.449. The minimum atomic E-state index is -3.77. The van der Waals surface area contributed by atoms with E-state index in [9.17, 15) is 13.2 Å². The number of sulfone groups is 1. The lowest BCUT2D eigenvalue weighted by Crippen LogP contribution is -2.09. The molecule has 3 aromatic carbocycles. The molecule has 0 atom stereocenters. The standard InChI is InChI=1S/C19H12Cl2O4S/c20-17-11-10-16(12-18(17)21)26(23,24)15-8-6-13(7-9-15)19(22)25-14-4-2-1-3-5-14/h1-12H. The molecule has 3 rings (SSSR count). The molecule has 0 unspecified atom stereocenters. The molecule has 0 N–H and O–H groups in total. The minimum absolute atomic E-state index is 0.0199. The van der Waals surface area contributed by atoms with Crippen molar-refractivity contribution < 1.29 is 17.9 Å². The summed E-state index contributed by atoms with van der Waals surface area (Å²) in [5.74, 6) is -0.167. The van der Waals surface area contributed by atoms with Crippen molar-refractivity contribution in [2.45, 2.75) is 9.79 Å².